The summed E-state index contributed by atoms with van der Waals surface area (Å²) in [5.41, 5.74) is 1.54. The first-order chi connectivity index (χ1) is 12.5. The first-order valence-corrected chi connectivity index (χ1v) is 9.00. The number of fused-ring (bicyclic) bond motifs is 1. The fraction of sp³-hybridized carbons (Fsp3) is 0.474. The van der Waals surface area contributed by atoms with Gasteiger partial charge in [-0.15, -0.1) is 0 Å². The minimum Gasteiger partial charge on any atom is -0.339 e. The number of aromatic amines is 1. The van der Waals surface area contributed by atoms with E-state index >= 15 is 0 Å². The molecule has 0 unspecified atom stereocenters. The third kappa shape index (κ3) is 3.92. The van der Waals surface area contributed by atoms with E-state index in [2.05, 4.69) is 9.97 Å². The van der Waals surface area contributed by atoms with Crippen LogP contribution in [0, 0.1) is 5.92 Å². The Bertz CT molecular complexity index is 866. The molecule has 1 aliphatic rings. The van der Waals surface area contributed by atoms with Crippen molar-refractivity contribution < 1.29 is 9.59 Å². The van der Waals surface area contributed by atoms with Gasteiger partial charge in [0.05, 0.1) is 11.0 Å². The number of benzene rings is 1. The molecular weight excluding hydrogens is 332 g/mol. The second-order valence-electron chi connectivity index (χ2n) is 6.89. The maximum Gasteiger partial charge on any atom is 0.270 e. The van der Waals surface area contributed by atoms with Crippen molar-refractivity contribution in [2.75, 3.05) is 26.2 Å². The number of hydrogen-bond donors (Lipinski definition) is 1. The molecule has 0 radical (unpaired) electrons. The van der Waals surface area contributed by atoms with Crippen molar-refractivity contribution in [2.24, 2.45) is 5.92 Å². The zero-order valence-electron chi connectivity index (χ0n) is 15.2. The van der Waals surface area contributed by atoms with Gasteiger partial charge in [-0.05, 0) is 12.1 Å². The number of nitrogens with one attached hydrogen (secondary N) is 1. The zero-order chi connectivity index (χ0) is 18.7. The number of para-hydroxylation sites is 2. The molecular formula is C19H24N4O3. The van der Waals surface area contributed by atoms with Crippen molar-refractivity contribution >= 4 is 22.8 Å². The van der Waals surface area contributed by atoms with Crippen LogP contribution in [0.4, 0.5) is 0 Å². The van der Waals surface area contributed by atoms with E-state index in [0.717, 1.165) is 5.52 Å². The van der Waals surface area contributed by atoms with E-state index in [0.29, 0.717) is 43.8 Å². The molecule has 26 heavy (non-hydrogen) atoms. The summed E-state index contributed by atoms with van der Waals surface area (Å²) in [6, 6.07) is 7.34. The molecule has 2 heterocycles. The first-order valence-electron chi connectivity index (χ1n) is 9.00. The predicted octanol–water partition coefficient (Wildman–Crippen LogP) is 1.18. The van der Waals surface area contributed by atoms with Gasteiger partial charge in [0.25, 0.3) is 5.56 Å². The summed E-state index contributed by atoms with van der Waals surface area (Å²) < 4.78 is 0. The van der Waals surface area contributed by atoms with Gasteiger partial charge in [-0.1, -0.05) is 26.0 Å². The molecule has 2 amide bonds. The molecule has 138 valence electrons. The Labute approximate surface area is 152 Å². The third-order valence-corrected chi connectivity index (χ3v) is 4.68. The normalized spacial score (nSPS) is 14.9. The number of hydrogen-bond acceptors (Lipinski definition) is 4. The lowest BCUT2D eigenvalue weighted by Gasteiger charge is -2.35. The largest absolute Gasteiger partial charge is 0.339 e. The molecule has 2 aromatic rings. The monoisotopic (exact) mass is 356 g/mol. The molecule has 1 N–H and O–H groups in total. The summed E-state index contributed by atoms with van der Waals surface area (Å²) in [7, 11) is 0. The van der Waals surface area contributed by atoms with Crippen LogP contribution >= 0.6 is 0 Å². The number of H-pyrrole nitrogens is 1. The molecule has 1 aromatic heterocycles. The smallest absolute Gasteiger partial charge is 0.270 e. The lowest BCUT2D eigenvalue weighted by molar-refractivity contribution is -0.141. The highest BCUT2D eigenvalue weighted by molar-refractivity contribution is 5.79. The lowest BCUT2D eigenvalue weighted by Crippen LogP contribution is -2.51. The van der Waals surface area contributed by atoms with Gasteiger partial charge in [-0.3, -0.25) is 14.4 Å². The minimum absolute atomic E-state index is 0.00370. The number of carbonyl (C=O) groups is 2. The molecule has 0 atom stereocenters. The van der Waals surface area contributed by atoms with E-state index in [1.807, 2.05) is 36.9 Å². The zero-order valence-corrected chi connectivity index (χ0v) is 15.2. The summed E-state index contributed by atoms with van der Waals surface area (Å²) in [6.07, 6.45) is 0.552. The van der Waals surface area contributed by atoms with E-state index in [1.54, 1.807) is 11.0 Å². The molecule has 7 heteroatoms. The van der Waals surface area contributed by atoms with Crippen LogP contribution in [0.2, 0.25) is 0 Å². The van der Waals surface area contributed by atoms with Gasteiger partial charge in [0.15, 0.2) is 0 Å². The number of carbonyl (C=O) groups excluding carboxylic acids is 2. The predicted molar refractivity (Wildman–Crippen MR) is 98.7 cm³/mol. The Hall–Kier alpha value is -2.70. The van der Waals surface area contributed by atoms with Gasteiger partial charge >= 0.3 is 0 Å². The third-order valence-electron chi connectivity index (χ3n) is 4.68. The Kier molecular flexibility index (Phi) is 5.35. The quantitative estimate of drug-likeness (QED) is 0.891. The van der Waals surface area contributed by atoms with Crippen LogP contribution in [0.1, 0.15) is 26.0 Å². The summed E-state index contributed by atoms with van der Waals surface area (Å²) in [6.45, 7) is 5.98. The average molecular weight is 356 g/mol. The summed E-state index contributed by atoms with van der Waals surface area (Å²) in [4.78, 5) is 47.3. The van der Waals surface area contributed by atoms with Gasteiger partial charge in [0, 0.05) is 44.9 Å². The van der Waals surface area contributed by atoms with Crippen molar-refractivity contribution in [1.82, 2.24) is 19.8 Å². The Morgan fingerprint density at radius 1 is 1.12 bits per heavy atom. The van der Waals surface area contributed by atoms with E-state index in [1.165, 1.54) is 0 Å². The molecule has 3 rings (SSSR count). The topological polar surface area (TPSA) is 86.4 Å². The molecule has 7 nitrogen and oxygen atoms in total. The van der Waals surface area contributed by atoms with Crippen LogP contribution in [0.5, 0.6) is 0 Å². The first kappa shape index (κ1) is 18.1. The fourth-order valence-corrected chi connectivity index (χ4v) is 3.16. The number of aromatic nitrogens is 2. The number of amides is 2. The van der Waals surface area contributed by atoms with Gasteiger partial charge in [0.2, 0.25) is 11.8 Å². The maximum absolute atomic E-state index is 12.4. The Morgan fingerprint density at radius 2 is 1.77 bits per heavy atom. The molecule has 1 saturated heterocycles. The highest BCUT2D eigenvalue weighted by atomic mass is 16.2. The van der Waals surface area contributed by atoms with Crippen LogP contribution in [0.25, 0.3) is 11.0 Å². The molecule has 0 saturated carbocycles. The second kappa shape index (κ2) is 7.68. The maximum atomic E-state index is 12.4. The lowest BCUT2D eigenvalue weighted by atomic mass is 10.1. The van der Waals surface area contributed by atoms with Gasteiger partial charge in [-0.2, -0.15) is 0 Å². The molecule has 1 aromatic carbocycles. The van der Waals surface area contributed by atoms with Gasteiger partial charge in [0.1, 0.15) is 5.69 Å². The van der Waals surface area contributed by atoms with Crippen molar-refractivity contribution in [3.8, 4) is 0 Å². The van der Waals surface area contributed by atoms with Crippen LogP contribution in [-0.2, 0) is 16.0 Å². The molecule has 1 fully saturated rings. The van der Waals surface area contributed by atoms with Crippen LogP contribution in [-0.4, -0.2) is 57.8 Å². The van der Waals surface area contributed by atoms with E-state index in [-0.39, 0.29) is 29.7 Å². The van der Waals surface area contributed by atoms with E-state index in [9.17, 15) is 14.4 Å². The SMILES string of the molecule is CC(C)C(=O)N1CCN(C(=O)CCc2nc3ccccc3[nH]c2=O)CC1. The second-order valence-corrected chi connectivity index (χ2v) is 6.89. The molecule has 0 spiro atoms. The summed E-state index contributed by atoms with van der Waals surface area (Å²) >= 11 is 0. The number of piperazine rings is 1. The van der Waals surface area contributed by atoms with E-state index < -0.39 is 0 Å². The van der Waals surface area contributed by atoms with Crippen LogP contribution in [0.3, 0.4) is 0 Å². The van der Waals surface area contributed by atoms with E-state index in [4.69, 9.17) is 0 Å². The average Bonchev–Trinajstić information content (AvgIpc) is 2.65. The van der Waals surface area contributed by atoms with Crippen molar-refractivity contribution in [3.63, 3.8) is 0 Å². The number of nitrogens with zero attached hydrogens (tertiary/aromatic N) is 3. The van der Waals surface area contributed by atoms with Gasteiger partial charge in [-0.25, -0.2) is 4.98 Å². The standard InChI is InChI=1S/C19H24N4O3/c1-13(2)19(26)23-11-9-22(10-12-23)17(24)8-7-16-18(25)21-15-6-4-3-5-14(15)20-16/h3-6,13H,7-12H2,1-2H3,(H,21,25). The minimum atomic E-state index is -0.246. The summed E-state index contributed by atoms with van der Waals surface area (Å²) in [5, 5.41) is 0. The van der Waals surface area contributed by atoms with Gasteiger partial charge < -0.3 is 14.8 Å². The van der Waals surface area contributed by atoms with Crippen LogP contribution in [0.15, 0.2) is 29.1 Å². The number of rotatable bonds is 4. The van der Waals surface area contributed by atoms with Crippen LogP contribution < -0.4 is 5.56 Å². The van der Waals surface area contributed by atoms with Crippen molar-refractivity contribution in [2.45, 2.75) is 26.7 Å². The van der Waals surface area contributed by atoms with Crippen molar-refractivity contribution in [3.05, 3.63) is 40.3 Å². The summed E-state index contributed by atoms with van der Waals surface area (Å²) in [5.74, 6) is 0.1000. The van der Waals surface area contributed by atoms with Crippen molar-refractivity contribution in [1.29, 1.82) is 0 Å². The molecule has 0 bridgehead atoms. The fourth-order valence-electron chi connectivity index (χ4n) is 3.16. The number of aryl methyl sites for hydroxylation is 1. The highest BCUT2D eigenvalue weighted by Crippen LogP contribution is 2.10. The molecule has 1 aliphatic heterocycles. The molecule has 0 aliphatic carbocycles. The Balaban J connectivity index is 1.57. The Morgan fingerprint density at radius 3 is 2.46 bits per heavy atom. The highest BCUT2D eigenvalue weighted by Gasteiger charge is 2.25.